The second-order valence-electron chi connectivity index (χ2n) is 5.03. The van der Waals surface area contributed by atoms with Gasteiger partial charge in [0.2, 0.25) is 0 Å². The molecular formula is C16H11F3N4O2S. The van der Waals surface area contributed by atoms with E-state index in [4.69, 9.17) is 0 Å². The highest BCUT2D eigenvalue weighted by Gasteiger charge is 2.31. The van der Waals surface area contributed by atoms with Crippen molar-refractivity contribution in [2.45, 2.75) is 13.3 Å². The van der Waals surface area contributed by atoms with Crippen LogP contribution in [0.25, 0.3) is 10.8 Å². The summed E-state index contributed by atoms with van der Waals surface area (Å²) in [6, 6.07) is 6.54. The lowest BCUT2D eigenvalue weighted by molar-refractivity contribution is -0.274. The number of aromatic nitrogens is 3. The molecule has 1 amide bonds. The first-order valence-electron chi connectivity index (χ1n) is 7.24. The SMILES string of the molecule is Cc1nc(-c2ncccn2)sc1C(=O)Nc1ccc(OC(F)(F)F)cc1. The number of carbonyl (C=O) groups is 1. The number of amides is 1. The van der Waals surface area contributed by atoms with Gasteiger partial charge in [0, 0.05) is 18.1 Å². The summed E-state index contributed by atoms with van der Waals surface area (Å²) in [5.74, 6) is -0.382. The van der Waals surface area contributed by atoms with E-state index in [1.54, 1.807) is 25.4 Å². The number of nitrogens with zero attached hydrogens (tertiary/aromatic N) is 3. The first kappa shape index (κ1) is 17.8. The monoisotopic (exact) mass is 380 g/mol. The fourth-order valence-corrected chi connectivity index (χ4v) is 2.95. The second-order valence-corrected chi connectivity index (χ2v) is 6.03. The number of benzene rings is 1. The molecule has 0 spiro atoms. The predicted octanol–water partition coefficient (Wildman–Crippen LogP) is 4.06. The smallest absolute Gasteiger partial charge is 0.406 e. The summed E-state index contributed by atoms with van der Waals surface area (Å²) in [7, 11) is 0. The van der Waals surface area contributed by atoms with Crippen molar-refractivity contribution >= 4 is 22.9 Å². The van der Waals surface area contributed by atoms with Gasteiger partial charge in [0.05, 0.1) is 5.69 Å². The van der Waals surface area contributed by atoms with Crippen molar-refractivity contribution in [3.8, 4) is 16.6 Å². The van der Waals surface area contributed by atoms with Crippen molar-refractivity contribution in [2.24, 2.45) is 0 Å². The van der Waals surface area contributed by atoms with Crippen molar-refractivity contribution in [1.82, 2.24) is 15.0 Å². The van der Waals surface area contributed by atoms with Gasteiger partial charge < -0.3 is 10.1 Å². The van der Waals surface area contributed by atoms with Crippen LogP contribution in [0.3, 0.4) is 0 Å². The molecule has 6 nitrogen and oxygen atoms in total. The Labute approximate surface area is 149 Å². The molecule has 0 radical (unpaired) electrons. The van der Waals surface area contributed by atoms with Gasteiger partial charge in [-0.05, 0) is 37.3 Å². The summed E-state index contributed by atoms with van der Waals surface area (Å²) in [6.45, 7) is 1.68. The van der Waals surface area contributed by atoms with E-state index in [0.29, 0.717) is 27.1 Å². The van der Waals surface area contributed by atoms with Crippen molar-refractivity contribution in [3.05, 3.63) is 53.3 Å². The van der Waals surface area contributed by atoms with E-state index in [2.05, 4.69) is 25.0 Å². The molecule has 0 aliphatic carbocycles. The van der Waals surface area contributed by atoms with Gasteiger partial charge in [0.15, 0.2) is 10.8 Å². The van der Waals surface area contributed by atoms with Crippen LogP contribution in [0.15, 0.2) is 42.7 Å². The van der Waals surface area contributed by atoms with Crippen LogP contribution >= 0.6 is 11.3 Å². The van der Waals surface area contributed by atoms with E-state index >= 15 is 0 Å². The van der Waals surface area contributed by atoms with Gasteiger partial charge in [0.25, 0.3) is 5.91 Å². The van der Waals surface area contributed by atoms with Gasteiger partial charge >= 0.3 is 6.36 Å². The Kier molecular flexibility index (Phi) is 4.85. The van der Waals surface area contributed by atoms with Crippen LogP contribution in [0.2, 0.25) is 0 Å². The minimum absolute atomic E-state index is 0.329. The molecular weight excluding hydrogens is 369 g/mol. The lowest BCUT2D eigenvalue weighted by Crippen LogP contribution is -2.17. The standard InChI is InChI=1S/C16H11F3N4O2S/c1-9-12(26-15(22-9)13-20-7-2-8-21-13)14(24)23-10-3-5-11(6-4-10)25-16(17,18)19/h2-8H,1H3,(H,23,24). The van der Waals surface area contributed by atoms with Crippen molar-refractivity contribution < 1.29 is 22.7 Å². The zero-order chi connectivity index (χ0) is 18.7. The Morgan fingerprint density at radius 1 is 1.15 bits per heavy atom. The lowest BCUT2D eigenvalue weighted by Gasteiger charge is -2.09. The molecule has 2 heterocycles. The van der Waals surface area contributed by atoms with Crippen LogP contribution in [-0.4, -0.2) is 27.2 Å². The highest BCUT2D eigenvalue weighted by Crippen LogP contribution is 2.27. The minimum atomic E-state index is -4.76. The molecule has 0 aliphatic heterocycles. The zero-order valence-electron chi connectivity index (χ0n) is 13.2. The quantitative estimate of drug-likeness (QED) is 0.739. The molecule has 0 bridgehead atoms. The van der Waals surface area contributed by atoms with Gasteiger partial charge in [-0.3, -0.25) is 4.79 Å². The Morgan fingerprint density at radius 2 is 1.81 bits per heavy atom. The lowest BCUT2D eigenvalue weighted by atomic mass is 10.3. The molecule has 3 rings (SSSR count). The number of aryl methyl sites for hydroxylation is 1. The number of hydrogen-bond acceptors (Lipinski definition) is 6. The van der Waals surface area contributed by atoms with E-state index < -0.39 is 12.3 Å². The normalized spacial score (nSPS) is 11.2. The van der Waals surface area contributed by atoms with Crippen molar-refractivity contribution in [3.63, 3.8) is 0 Å². The minimum Gasteiger partial charge on any atom is -0.406 e. The van der Waals surface area contributed by atoms with Crippen LogP contribution in [0.4, 0.5) is 18.9 Å². The average Bonchev–Trinajstić information content (AvgIpc) is 2.98. The third-order valence-electron chi connectivity index (χ3n) is 3.11. The number of ether oxygens (including phenoxy) is 1. The maximum Gasteiger partial charge on any atom is 0.573 e. The van der Waals surface area contributed by atoms with Gasteiger partial charge in [0.1, 0.15) is 10.6 Å². The molecule has 0 aliphatic rings. The third-order valence-corrected chi connectivity index (χ3v) is 4.26. The van der Waals surface area contributed by atoms with E-state index in [9.17, 15) is 18.0 Å². The number of halogens is 3. The second kappa shape index (κ2) is 7.08. The molecule has 1 N–H and O–H groups in total. The number of carbonyl (C=O) groups excluding carboxylic acids is 1. The summed E-state index contributed by atoms with van der Waals surface area (Å²) in [6.07, 6.45) is -1.62. The molecule has 2 aromatic heterocycles. The van der Waals surface area contributed by atoms with E-state index in [-0.39, 0.29) is 5.75 Å². The summed E-state index contributed by atoms with van der Waals surface area (Å²) < 4.78 is 40.2. The highest BCUT2D eigenvalue weighted by atomic mass is 32.1. The first-order valence-corrected chi connectivity index (χ1v) is 8.05. The van der Waals surface area contributed by atoms with Crippen LogP contribution in [0, 0.1) is 6.92 Å². The summed E-state index contributed by atoms with van der Waals surface area (Å²) in [5, 5.41) is 3.11. The zero-order valence-corrected chi connectivity index (χ0v) is 14.1. The molecule has 1 aromatic carbocycles. The van der Waals surface area contributed by atoms with Gasteiger partial charge in [-0.1, -0.05) is 0 Å². The number of rotatable bonds is 4. The van der Waals surface area contributed by atoms with Gasteiger partial charge in [-0.2, -0.15) is 0 Å². The number of hydrogen-bond donors (Lipinski definition) is 1. The number of nitrogens with one attached hydrogen (secondary N) is 1. The van der Waals surface area contributed by atoms with Crippen LogP contribution in [-0.2, 0) is 0 Å². The Hall–Kier alpha value is -3.01. The molecule has 0 fully saturated rings. The number of thiazole rings is 1. The predicted molar refractivity (Wildman–Crippen MR) is 89.0 cm³/mol. The van der Waals surface area contributed by atoms with E-state index in [0.717, 1.165) is 23.5 Å². The molecule has 0 saturated carbocycles. The fraction of sp³-hybridized carbons (Fsp3) is 0.125. The molecule has 0 atom stereocenters. The first-order chi connectivity index (χ1) is 12.3. The fourth-order valence-electron chi connectivity index (χ4n) is 2.04. The molecule has 0 unspecified atom stereocenters. The van der Waals surface area contributed by atoms with Crippen LogP contribution in [0.5, 0.6) is 5.75 Å². The van der Waals surface area contributed by atoms with Crippen LogP contribution in [0.1, 0.15) is 15.4 Å². The van der Waals surface area contributed by atoms with Crippen molar-refractivity contribution in [1.29, 1.82) is 0 Å². The molecule has 26 heavy (non-hydrogen) atoms. The Morgan fingerprint density at radius 3 is 2.42 bits per heavy atom. The summed E-state index contributed by atoms with van der Waals surface area (Å²) in [5.41, 5.74) is 0.835. The molecule has 10 heteroatoms. The summed E-state index contributed by atoms with van der Waals surface area (Å²) in [4.78, 5) is 25.2. The Bertz CT molecular complexity index is 911. The van der Waals surface area contributed by atoms with Gasteiger partial charge in [-0.25, -0.2) is 15.0 Å². The maximum atomic E-state index is 12.4. The number of alkyl halides is 3. The highest BCUT2D eigenvalue weighted by molar-refractivity contribution is 7.17. The largest absolute Gasteiger partial charge is 0.573 e. The van der Waals surface area contributed by atoms with Gasteiger partial charge in [-0.15, -0.1) is 24.5 Å². The molecule has 3 aromatic rings. The maximum absolute atomic E-state index is 12.4. The average molecular weight is 380 g/mol. The summed E-state index contributed by atoms with van der Waals surface area (Å²) >= 11 is 1.13. The van der Waals surface area contributed by atoms with E-state index in [1.807, 2.05) is 0 Å². The van der Waals surface area contributed by atoms with Crippen molar-refractivity contribution in [2.75, 3.05) is 5.32 Å². The number of anilines is 1. The van der Waals surface area contributed by atoms with E-state index in [1.165, 1.54) is 12.1 Å². The molecule has 134 valence electrons. The Balaban J connectivity index is 1.73. The molecule has 0 saturated heterocycles. The topological polar surface area (TPSA) is 77.0 Å². The third kappa shape index (κ3) is 4.33. The van der Waals surface area contributed by atoms with Crippen LogP contribution < -0.4 is 10.1 Å².